The minimum Gasteiger partial charge on any atom is -0.481 e. The minimum absolute atomic E-state index is 0.0696. The van der Waals surface area contributed by atoms with Gasteiger partial charge in [-0.25, -0.2) is 4.79 Å². The molecule has 0 saturated heterocycles. The summed E-state index contributed by atoms with van der Waals surface area (Å²) in [6, 6.07) is -0.245. The number of aliphatic carboxylic acids is 1. The molecule has 0 spiro atoms. The molecular weight excluding hydrogens is 420 g/mol. The first-order valence-electron chi connectivity index (χ1n) is 13.2. The van der Waals surface area contributed by atoms with Crippen LogP contribution in [0.1, 0.15) is 91.4 Å². The first kappa shape index (κ1) is 24.8. The number of fused-ring (bicyclic) bond motifs is 5. The third-order valence-corrected chi connectivity index (χ3v) is 10.7. The van der Waals surface area contributed by atoms with Gasteiger partial charge in [0.2, 0.25) is 0 Å². The van der Waals surface area contributed by atoms with E-state index >= 15 is 0 Å². The van der Waals surface area contributed by atoms with E-state index in [1.165, 1.54) is 0 Å². The van der Waals surface area contributed by atoms with Crippen LogP contribution in [0.2, 0.25) is 0 Å². The number of hydrogen-bond acceptors (Lipinski definition) is 5. The van der Waals surface area contributed by atoms with Crippen LogP contribution >= 0.6 is 0 Å². The number of nitrogens with one attached hydrogen (secondary N) is 1. The Labute approximate surface area is 198 Å². The number of carboxylic acids is 1. The van der Waals surface area contributed by atoms with Crippen molar-refractivity contribution in [3.8, 4) is 0 Å². The van der Waals surface area contributed by atoms with Gasteiger partial charge in [0.05, 0.1) is 18.6 Å². The lowest BCUT2D eigenvalue weighted by atomic mass is 9.42. The predicted molar refractivity (Wildman–Crippen MR) is 125 cm³/mol. The number of alkyl carbamates (subject to hydrolysis) is 1. The molecule has 4 unspecified atom stereocenters. The van der Waals surface area contributed by atoms with Gasteiger partial charge in [0.1, 0.15) is 6.10 Å². The Morgan fingerprint density at radius 2 is 1.85 bits per heavy atom. The Bertz CT molecular complexity index is 761. The Balaban J connectivity index is 1.43. The van der Waals surface area contributed by atoms with E-state index in [1.54, 1.807) is 0 Å². The predicted octanol–water partition coefficient (Wildman–Crippen LogP) is 4.07. The number of carbonyl (C=O) groups is 2. The van der Waals surface area contributed by atoms with E-state index in [9.17, 15) is 19.8 Å². The standard InChI is InChI=1S/C26H44N2O5/c1-4-5-17(15-29)28-23(32)33-18-8-11-24(2)16(14-18)6-7-20-19(24)9-12-25(3)21(22(30)31)10-13-26(20,25)27/h16-21,29H,4-15,27H2,1-3H3,(H,28,32)(H,30,31)/t16?,17?,18?,19-,20-,21?,24+,25-,26-/m1/s1. The second-order valence-corrected chi connectivity index (χ2v) is 12.0. The third kappa shape index (κ3) is 3.97. The van der Waals surface area contributed by atoms with Gasteiger partial charge in [-0.1, -0.05) is 27.2 Å². The molecule has 4 aliphatic rings. The Morgan fingerprint density at radius 1 is 1.09 bits per heavy atom. The Hall–Kier alpha value is -1.34. The number of aliphatic hydroxyl groups is 1. The van der Waals surface area contributed by atoms with Crippen LogP contribution in [0.3, 0.4) is 0 Å². The molecule has 0 aliphatic heterocycles. The fourth-order valence-corrected chi connectivity index (χ4v) is 8.70. The molecule has 0 aromatic heterocycles. The summed E-state index contributed by atoms with van der Waals surface area (Å²) >= 11 is 0. The topological polar surface area (TPSA) is 122 Å². The summed E-state index contributed by atoms with van der Waals surface area (Å²) in [5.74, 6) is 0.384. The molecule has 33 heavy (non-hydrogen) atoms. The first-order valence-corrected chi connectivity index (χ1v) is 13.2. The van der Waals surface area contributed by atoms with Crippen molar-refractivity contribution < 1.29 is 24.5 Å². The molecule has 7 heteroatoms. The van der Waals surface area contributed by atoms with Crippen molar-refractivity contribution in [2.24, 2.45) is 40.2 Å². The van der Waals surface area contributed by atoms with Gasteiger partial charge in [0.25, 0.3) is 0 Å². The van der Waals surface area contributed by atoms with E-state index in [0.717, 1.165) is 64.2 Å². The van der Waals surface area contributed by atoms with Crippen molar-refractivity contribution in [1.82, 2.24) is 5.32 Å². The molecule has 7 nitrogen and oxygen atoms in total. The maximum Gasteiger partial charge on any atom is 0.407 e. The van der Waals surface area contributed by atoms with Gasteiger partial charge in [-0.15, -0.1) is 0 Å². The molecule has 0 heterocycles. The fraction of sp³-hybridized carbons (Fsp3) is 0.923. The third-order valence-electron chi connectivity index (χ3n) is 10.7. The van der Waals surface area contributed by atoms with Crippen molar-refractivity contribution in [3.63, 3.8) is 0 Å². The number of aliphatic hydroxyl groups excluding tert-OH is 1. The van der Waals surface area contributed by atoms with E-state index in [0.29, 0.717) is 24.2 Å². The van der Waals surface area contributed by atoms with Gasteiger partial charge in [0.15, 0.2) is 0 Å². The molecule has 5 N–H and O–H groups in total. The molecule has 0 bridgehead atoms. The SMILES string of the molecule is CCCC(CO)NC(=O)OC1CC[C@@]2(C)C(CC[C@@H]3[C@H]2CC[C@]2(C)C(C(=O)O)CC[C@@]32N)C1. The zero-order chi connectivity index (χ0) is 24.0. The Morgan fingerprint density at radius 3 is 2.52 bits per heavy atom. The highest BCUT2D eigenvalue weighted by Gasteiger charge is 2.67. The number of hydrogen-bond donors (Lipinski definition) is 4. The molecule has 0 aromatic rings. The second-order valence-electron chi connectivity index (χ2n) is 12.0. The molecule has 4 rings (SSSR count). The molecule has 1 amide bonds. The lowest BCUT2D eigenvalue weighted by molar-refractivity contribution is -0.157. The maximum atomic E-state index is 12.4. The highest BCUT2D eigenvalue weighted by molar-refractivity contribution is 5.72. The summed E-state index contributed by atoms with van der Waals surface area (Å²) in [7, 11) is 0. The van der Waals surface area contributed by atoms with Gasteiger partial charge in [-0.3, -0.25) is 4.79 Å². The van der Waals surface area contributed by atoms with E-state index < -0.39 is 17.6 Å². The molecular formula is C26H44N2O5. The Kier molecular flexibility index (Phi) is 6.78. The average Bonchev–Trinajstić information content (AvgIpc) is 3.05. The number of amides is 1. The summed E-state index contributed by atoms with van der Waals surface area (Å²) in [5, 5.41) is 22.1. The summed E-state index contributed by atoms with van der Waals surface area (Å²) in [4.78, 5) is 24.4. The van der Waals surface area contributed by atoms with Crippen molar-refractivity contribution >= 4 is 12.1 Å². The van der Waals surface area contributed by atoms with Gasteiger partial charge >= 0.3 is 12.1 Å². The van der Waals surface area contributed by atoms with Gasteiger partial charge in [-0.05, 0) is 92.8 Å². The van der Waals surface area contributed by atoms with Gasteiger partial charge in [0, 0.05) is 5.54 Å². The highest BCUT2D eigenvalue weighted by atomic mass is 16.6. The van der Waals surface area contributed by atoms with Crippen LogP contribution in [0.5, 0.6) is 0 Å². The molecule has 9 atom stereocenters. The zero-order valence-electron chi connectivity index (χ0n) is 20.6. The summed E-state index contributed by atoms with van der Waals surface area (Å²) in [5.41, 5.74) is 6.64. The molecule has 0 aromatic carbocycles. The van der Waals surface area contributed by atoms with Crippen LogP contribution in [-0.2, 0) is 9.53 Å². The number of carbonyl (C=O) groups excluding carboxylic acids is 1. The maximum absolute atomic E-state index is 12.4. The normalized spacial score (nSPS) is 45.3. The van der Waals surface area contributed by atoms with Gasteiger partial charge in [-0.2, -0.15) is 0 Å². The van der Waals surface area contributed by atoms with Gasteiger partial charge < -0.3 is 26.0 Å². The number of ether oxygens (including phenoxy) is 1. The monoisotopic (exact) mass is 464 g/mol. The fourth-order valence-electron chi connectivity index (χ4n) is 8.70. The van der Waals surface area contributed by atoms with Crippen LogP contribution in [0.25, 0.3) is 0 Å². The summed E-state index contributed by atoms with van der Waals surface area (Å²) in [6.07, 6.45) is 9.48. The van der Waals surface area contributed by atoms with Crippen LogP contribution in [0, 0.1) is 34.5 Å². The van der Waals surface area contributed by atoms with Crippen molar-refractivity contribution in [1.29, 1.82) is 0 Å². The zero-order valence-corrected chi connectivity index (χ0v) is 20.6. The van der Waals surface area contributed by atoms with Crippen LogP contribution in [0.4, 0.5) is 4.79 Å². The lowest BCUT2D eigenvalue weighted by Crippen LogP contribution is -2.66. The largest absolute Gasteiger partial charge is 0.481 e. The van der Waals surface area contributed by atoms with E-state index in [-0.39, 0.29) is 35.5 Å². The smallest absolute Gasteiger partial charge is 0.407 e. The van der Waals surface area contributed by atoms with E-state index in [4.69, 9.17) is 10.5 Å². The molecule has 4 saturated carbocycles. The van der Waals surface area contributed by atoms with E-state index in [1.807, 2.05) is 6.92 Å². The second kappa shape index (κ2) is 9.03. The molecule has 4 fully saturated rings. The highest BCUT2D eigenvalue weighted by Crippen LogP contribution is 2.68. The molecule has 0 radical (unpaired) electrons. The first-order chi connectivity index (χ1) is 15.6. The minimum atomic E-state index is -0.679. The lowest BCUT2D eigenvalue weighted by Gasteiger charge is -2.64. The van der Waals surface area contributed by atoms with Crippen LogP contribution in [-0.4, -0.2) is 46.6 Å². The number of rotatable bonds is 6. The van der Waals surface area contributed by atoms with Crippen molar-refractivity contribution in [2.75, 3.05) is 6.61 Å². The van der Waals surface area contributed by atoms with Crippen molar-refractivity contribution in [2.45, 2.75) is 109 Å². The quantitative estimate of drug-likeness (QED) is 0.470. The van der Waals surface area contributed by atoms with Crippen molar-refractivity contribution in [3.05, 3.63) is 0 Å². The summed E-state index contributed by atoms with van der Waals surface area (Å²) < 4.78 is 5.79. The number of nitrogens with two attached hydrogens (primary N) is 1. The number of carboxylic acid groups (broad SMARTS) is 1. The molecule has 4 aliphatic carbocycles. The molecule has 188 valence electrons. The summed E-state index contributed by atoms with van der Waals surface area (Å²) in [6.45, 7) is 6.52. The average molecular weight is 465 g/mol. The van der Waals surface area contributed by atoms with Crippen LogP contribution in [0.15, 0.2) is 0 Å². The van der Waals surface area contributed by atoms with E-state index in [2.05, 4.69) is 19.2 Å². The van der Waals surface area contributed by atoms with Crippen LogP contribution < -0.4 is 11.1 Å².